The molecule has 0 saturated heterocycles. The van der Waals surface area contributed by atoms with Crippen LogP contribution in [0.25, 0.3) is 0 Å². The van der Waals surface area contributed by atoms with Crippen molar-refractivity contribution < 1.29 is 4.79 Å². The van der Waals surface area contributed by atoms with E-state index in [0.717, 1.165) is 24.0 Å². The van der Waals surface area contributed by atoms with Crippen LogP contribution in [0.5, 0.6) is 0 Å². The highest BCUT2D eigenvalue weighted by Crippen LogP contribution is 2.35. The summed E-state index contributed by atoms with van der Waals surface area (Å²) in [7, 11) is 0. The summed E-state index contributed by atoms with van der Waals surface area (Å²) in [6.07, 6.45) is 9.57. The monoisotopic (exact) mass is 345 g/mol. The molecular weight excluding hydrogens is 322 g/mol. The van der Waals surface area contributed by atoms with E-state index in [4.69, 9.17) is 0 Å². The van der Waals surface area contributed by atoms with E-state index in [0.29, 0.717) is 18.2 Å². The Hall–Kier alpha value is -2.64. The lowest BCUT2D eigenvalue weighted by molar-refractivity contribution is 0.0911. The Balaban J connectivity index is 1.34. The molecule has 1 heterocycles. The summed E-state index contributed by atoms with van der Waals surface area (Å²) >= 11 is 0. The summed E-state index contributed by atoms with van der Waals surface area (Å²) in [4.78, 5) is 16.4. The Morgan fingerprint density at radius 1 is 1.04 bits per heavy atom. The van der Waals surface area contributed by atoms with Crippen LogP contribution in [0.4, 0.5) is 0 Å². The van der Waals surface area contributed by atoms with Gasteiger partial charge in [0.15, 0.2) is 0 Å². The van der Waals surface area contributed by atoms with E-state index in [9.17, 15) is 4.79 Å². The minimum Gasteiger partial charge on any atom is -0.350 e. The van der Waals surface area contributed by atoms with Gasteiger partial charge < -0.3 is 10.6 Å². The summed E-state index contributed by atoms with van der Waals surface area (Å²) in [5.41, 5.74) is 2.63. The van der Waals surface area contributed by atoms with Crippen LogP contribution in [0.15, 0.2) is 48.8 Å². The van der Waals surface area contributed by atoms with Gasteiger partial charge >= 0.3 is 0 Å². The minimum absolute atomic E-state index is 0.0116. The summed E-state index contributed by atoms with van der Waals surface area (Å²) in [6, 6.07) is 11.9. The SMILES string of the molecule is O=C(NCC1(NC2CC2)CCC1)c1ccc(C#Cc2ccncc2)cc1. The average Bonchev–Trinajstić information content (AvgIpc) is 3.47. The van der Waals surface area contributed by atoms with Gasteiger partial charge in [0.25, 0.3) is 5.91 Å². The van der Waals surface area contributed by atoms with E-state index >= 15 is 0 Å². The number of nitrogens with zero attached hydrogens (tertiary/aromatic N) is 1. The molecule has 0 spiro atoms. The molecule has 0 unspecified atom stereocenters. The van der Waals surface area contributed by atoms with Crippen molar-refractivity contribution in [3.05, 3.63) is 65.5 Å². The van der Waals surface area contributed by atoms with Crippen molar-refractivity contribution in [3.63, 3.8) is 0 Å². The summed E-state index contributed by atoms with van der Waals surface area (Å²) in [5, 5.41) is 6.82. The lowest BCUT2D eigenvalue weighted by atomic mass is 9.76. The van der Waals surface area contributed by atoms with Crippen LogP contribution in [-0.2, 0) is 0 Å². The fourth-order valence-corrected chi connectivity index (χ4v) is 3.27. The molecule has 26 heavy (non-hydrogen) atoms. The van der Waals surface area contributed by atoms with Crippen molar-refractivity contribution in [2.24, 2.45) is 0 Å². The van der Waals surface area contributed by atoms with E-state index in [1.54, 1.807) is 12.4 Å². The van der Waals surface area contributed by atoms with Crippen molar-refractivity contribution in [1.82, 2.24) is 15.6 Å². The molecule has 2 saturated carbocycles. The van der Waals surface area contributed by atoms with Gasteiger partial charge in [-0.2, -0.15) is 0 Å². The number of carbonyl (C=O) groups excluding carboxylic acids is 1. The molecule has 132 valence electrons. The number of pyridine rings is 1. The molecule has 2 N–H and O–H groups in total. The standard InChI is InChI=1S/C22H23N3O/c26-21(24-16-22(12-1-13-22)25-20-8-9-20)19-6-4-17(5-7-19)2-3-18-10-14-23-15-11-18/h4-7,10-11,14-15,20,25H,1,8-9,12-13,16H2,(H,24,26). The first-order chi connectivity index (χ1) is 12.7. The highest BCUT2D eigenvalue weighted by molar-refractivity contribution is 5.94. The van der Waals surface area contributed by atoms with Gasteiger partial charge in [-0.1, -0.05) is 11.8 Å². The van der Waals surface area contributed by atoms with Gasteiger partial charge in [-0.15, -0.1) is 0 Å². The maximum Gasteiger partial charge on any atom is 0.251 e. The average molecular weight is 345 g/mol. The Labute approximate surface area is 154 Å². The van der Waals surface area contributed by atoms with E-state index in [-0.39, 0.29) is 11.4 Å². The first-order valence-electron chi connectivity index (χ1n) is 9.31. The Bertz CT molecular complexity index is 825. The minimum atomic E-state index is -0.0116. The van der Waals surface area contributed by atoms with Gasteiger partial charge in [-0.3, -0.25) is 9.78 Å². The number of hydrogen-bond donors (Lipinski definition) is 2. The predicted octanol–water partition coefficient (Wildman–Crippen LogP) is 2.89. The van der Waals surface area contributed by atoms with Crippen molar-refractivity contribution in [3.8, 4) is 11.8 Å². The molecule has 4 heteroatoms. The van der Waals surface area contributed by atoms with Crippen LogP contribution in [0.2, 0.25) is 0 Å². The highest BCUT2D eigenvalue weighted by Gasteiger charge is 2.41. The van der Waals surface area contributed by atoms with Gasteiger partial charge in [0.2, 0.25) is 0 Å². The zero-order valence-electron chi connectivity index (χ0n) is 14.8. The maximum absolute atomic E-state index is 12.4. The zero-order chi connectivity index (χ0) is 17.8. The van der Waals surface area contributed by atoms with Crippen molar-refractivity contribution >= 4 is 5.91 Å². The third-order valence-electron chi connectivity index (χ3n) is 5.16. The van der Waals surface area contributed by atoms with Gasteiger partial charge in [0, 0.05) is 47.2 Å². The zero-order valence-corrected chi connectivity index (χ0v) is 14.8. The highest BCUT2D eigenvalue weighted by atomic mass is 16.1. The molecule has 1 aromatic heterocycles. The molecule has 1 aromatic carbocycles. The predicted molar refractivity (Wildman–Crippen MR) is 102 cm³/mol. The Morgan fingerprint density at radius 3 is 2.27 bits per heavy atom. The molecule has 4 rings (SSSR count). The van der Waals surface area contributed by atoms with Crippen LogP contribution in [0.3, 0.4) is 0 Å². The third-order valence-corrected chi connectivity index (χ3v) is 5.16. The molecule has 0 atom stereocenters. The first kappa shape index (κ1) is 16.8. The van der Waals surface area contributed by atoms with Gasteiger partial charge in [0.05, 0.1) is 0 Å². The molecule has 2 aliphatic carbocycles. The van der Waals surface area contributed by atoms with Crippen LogP contribution < -0.4 is 10.6 Å². The van der Waals surface area contributed by atoms with Crippen molar-refractivity contribution in [1.29, 1.82) is 0 Å². The van der Waals surface area contributed by atoms with E-state index in [1.165, 1.54) is 19.3 Å². The van der Waals surface area contributed by atoms with Crippen molar-refractivity contribution in [2.45, 2.75) is 43.7 Å². The fourth-order valence-electron chi connectivity index (χ4n) is 3.27. The smallest absolute Gasteiger partial charge is 0.251 e. The van der Waals surface area contributed by atoms with Crippen LogP contribution in [0, 0.1) is 11.8 Å². The van der Waals surface area contributed by atoms with Crippen molar-refractivity contribution in [2.75, 3.05) is 6.54 Å². The molecular formula is C22H23N3O. The van der Waals surface area contributed by atoms with Gasteiger partial charge in [-0.05, 0) is 68.5 Å². The molecule has 2 aromatic rings. The number of benzene rings is 1. The summed E-state index contributed by atoms with van der Waals surface area (Å²) in [6.45, 7) is 0.714. The van der Waals surface area contributed by atoms with Gasteiger partial charge in [-0.25, -0.2) is 0 Å². The molecule has 0 radical (unpaired) electrons. The molecule has 2 aliphatic rings. The number of amides is 1. The van der Waals surface area contributed by atoms with Crippen LogP contribution >= 0.6 is 0 Å². The Morgan fingerprint density at radius 2 is 1.69 bits per heavy atom. The molecule has 1 amide bonds. The number of hydrogen-bond acceptors (Lipinski definition) is 3. The second kappa shape index (κ2) is 7.31. The number of carbonyl (C=O) groups is 1. The summed E-state index contributed by atoms with van der Waals surface area (Å²) < 4.78 is 0. The maximum atomic E-state index is 12.4. The van der Waals surface area contributed by atoms with Gasteiger partial charge in [0.1, 0.15) is 0 Å². The van der Waals surface area contributed by atoms with Crippen LogP contribution in [0.1, 0.15) is 53.6 Å². The lowest BCUT2D eigenvalue weighted by Crippen LogP contribution is -2.58. The van der Waals surface area contributed by atoms with E-state index in [2.05, 4.69) is 27.5 Å². The molecule has 0 bridgehead atoms. The largest absolute Gasteiger partial charge is 0.350 e. The quantitative estimate of drug-likeness (QED) is 0.820. The third kappa shape index (κ3) is 4.12. The van der Waals surface area contributed by atoms with Crippen LogP contribution in [-0.4, -0.2) is 29.0 Å². The normalized spacial score (nSPS) is 17.5. The number of nitrogens with one attached hydrogen (secondary N) is 2. The first-order valence-corrected chi connectivity index (χ1v) is 9.31. The van der Waals surface area contributed by atoms with E-state index < -0.39 is 0 Å². The topological polar surface area (TPSA) is 54.0 Å². The molecule has 2 fully saturated rings. The summed E-state index contributed by atoms with van der Waals surface area (Å²) in [5.74, 6) is 6.19. The van der Waals surface area contributed by atoms with E-state index in [1.807, 2.05) is 36.4 Å². The fraction of sp³-hybridized carbons (Fsp3) is 0.364. The molecule has 0 aliphatic heterocycles. The lowest BCUT2D eigenvalue weighted by Gasteiger charge is -2.43. The number of aromatic nitrogens is 1. The molecule has 4 nitrogen and oxygen atoms in total. The Kier molecular flexibility index (Phi) is 4.73. The second-order valence-corrected chi connectivity index (χ2v) is 7.30. The second-order valence-electron chi connectivity index (χ2n) is 7.30. The number of rotatable bonds is 5.